The summed E-state index contributed by atoms with van der Waals surface area (Å²) in [6.45, 7) is 1.72. The lowest BCUT2D eigenvalue weighted by atomic mass is 10.2. The van der Waals surface area contributed by atoms with Gasteiger partial charge in [0.25, 0.3) is 5.91 Å². The highest BCUT2D eigenvalue weighted by atomic mass is 35.5. The number of methoxy groups -OCH3 is 2. The van der Waals surface area contributed by atoms with Crippen molar-refractivity contribution >= 4 is 34.2 Å². The maximum atomic E-state index is 12.1. The molecule has 9 heteroatoms. The van der Waals surface area contributed by atoms with Crippen molar-refractivity contribution in [3.05, 3.63) is 47.0 Å². The van der Waals surface area contributed by atoms with Gasteiger partial charge in [-0.1, -0.05) is 11.6 Å². The molecule has 0 atom stereocenters. The molecule has 0 fully saturated rings. The van der Waals surface area contributed by atoms with Crippen LogP contribution in [0.5, 0.6) is 17.2 Å². The molecule has 0 saturated heterocycles. The monoisotopic (exact) mass is 419 g/mol. The molecule has 1 aromatic heterocycles. The summed E-state index contributed by atoms with van der Waals surface area (Å²) >= 11 is 7.06. The van der Waals surface area contributed by atoms with Gasteiger partial charge < -0.3 is 14.2 Å². The molecule has 1 amide bonds. The maximum Gasteiger partial charge on any atom is 0.264 e. The summed E-state index contributed by atoms with van der Waals surface area (Å²) in [5.41, 5.74) is 1.63. The lowest BCUT2D eigenvalue weighted by Crippen LogP contribution is -2.20. The number of aromatic nitrogens is 2. The zero-order valence-electron chi connectivity index (χ0n) is 15.5. The zero-order valence-corrected chi connectivity index (χ0v) is 17.1. The van der Waals surface area contributed by atoms with Crippen LogP contribution in [-0.4, -0.2) is 36.1 Å². The van der Waals surface area contributed by atoms with E-state index in [4.69, 9.17) is 25.8 Å². The van der Waals surface area contributed by atoms with Crippen LogP contribution in [0.2, 0.25) is 5.02 Å². The smallest absolute Gasteiger partial charge is 0.264 e. The molecule has 1 heterocycles. The fraction of sp³-hybridized carbons (Fsp3) is 0.211. The summed E-state index contributed by atoms with van der Waals surface area (Å²) in [5.74, 6) is 1.91. The third-order valence-electron chi connectivity index (χ3n) is 3.81. The van der Waals surface area contributed by atoms with Crippen LogP contribution in [0.3, 0.4) is 0 Å². The molecule has 0 spiro atoms. The molecule has 0 unspecified atom stereocenters. The Labute approximate surface area is 171 Å². The average molecular weight is 420 g/mol. The number of hydrogen-bond acceptors (Lipinski definition) is 7. The molecule has 0 aliphatic heterocycles. The summed E-state index contributed by atoms with van der Waals surface area (Å²) < 4.78 is 20.3. The number of aryl methyl sites for hydroxylation is 1. The summed E-state index contributed by atoms with van der Waals surface area (Å²) in [7, 11) is 3.13. The van der Waals surface area contributed by atoms with E-state index in [1.165, 1.54) is 0 Å². The Balaban J connectivity index is 1.62. The number of nitrogens with zero attached hydrogens (tertiary/aromatic N) is 2. The quantitative estimate of drug-likeness (QED) is 0.618. The van der Waals surface area contributed by atoms with E-state index in [0.717, 1.165) is 22.7 Å². The first-order chi connectivity index (χ1) is 13.5. The number of benzene rings is 2. The molecular formula is C19H18ClN3O4S. The molecule has 28 heavy (non-hydrogen) atoms. The summed E-state index contributed by atoms with van der Waals surface area (Å²) in [5, 5.41) is 3.71. The molecule has 0 radical (unpaired) electrons. The molecule has 0 saturated carbocycles. The number of rotatable bonds is 7. The van der Waals surface area contributed by atoms with Crippen molar-refractivity contribution < 1.29 is 19.0 Å². The highest BCUT2D eigenvalue weighted by Gasteiger charge is 2.13. The first-order valence-electron chi connectivity index (χ1n) is 8.25. The fourth-order valence-electron chi connectivity index (χ4n) is 2.38. The van der Waals surface area contributed by atoms with E-state index in [1.54, 1.807) is 44.6 Å². The predicted molar refractivity (Wildman–Crippen MR) is 109 cm³/mol. The van der Waals surface area contributed by atoms with Gasteiger partial charge in [-0.25, -0.2) is 0 Å². The van der Waals surface area contributed by atoms with Crippen molar-refractivity contribution in [2.75, 3.05) is 26.1 Å². The molecule has 3 rings (SSSR count). The van der Waals surface area contributed by atoms with Crippen molar-refractivity contribution in [1.29, 1.82) is 0 Å². The molecule has 7 nitrogen and oxygen atoms in total. The minimum Gasteiger partial charge on any atom is -0.493 e. The van der Waals surface area contributed by atoms with Gasteiger partial charge in [-0.2, -0.15) is 9.36 Å². The standard InChI is InChI=1S/C19H18ClN3O4S/c1-11-8-13(5-6-14(11)20)27-10-17(24)21-19-22-18(23-28-19)12-4-7-15(25-2)16(9-12)26-3/h4-9H,10H2,1-3H3,(H,21,22,23,24). The molecular weight excluding hydrogens is 402 g/mol. The predicted octanol–water partition coefficient (Wildman–Crippen LogP) is 4.20. The lowest BCUT2D eigenvalue weighted by Gasteiger charge is -2.08. The number of carbonyl (C=O) groups is 1. The van der Waals surface area contributed by atoms with Gasteiger partial charge in [0.1, 0.15) is 5.75 Å². The van der Waals surface area contributed by atoms with Crippen LogP contribution in [0, 0.1) is 6.92 Å². The van der Waals surface area contributed by atoms with Crippen LogP contribution in [0.1, 0.15) is 5.56 Å². The van der Waals surface area contributed by atoms with Crippen LogP contribution >= 0.6 is 23.1 Å². The normalized spacial score (nSPS) is 10.4. The molecule has 1 N–H and O–H groups in total. The van der Waals surface area contributed by atoms with E-state index in [2.05, 4.69) is 14.7 Å². The Hall–Kier alpha value is -2.84. The van der Waals surface area contributed by atoms with E-state index >= 15 is 0 Å². The second kappa shape index (κ2) is 8.90. The Bertz CT molecular complexity index is 993. The molecule has 3 aromatic rings. The molecule has 146 valence electrons. The fourth-order valence-corrected chi connectivity index (χ4v) is 3.10. The SMILES string of the molecule is COc1ccc(-c2nsc(NC(=O)COc3ccc(Cl)c(C)c3)n2)cc1OC. The lowest BCUT2D eigenvalue weighted by molar-refractivity contribution is -0.118. The van der Waals surface area contributed by atoms with Crippen molar-refractivity contribution in [3.63, 3.8) is 0 Å². The molecule has 0 aliphatic rings. The van der Waals surface area contributed by atoms with E-state index in [1.807, 2.05) is 13.0 Å². The second-order valence-corrected chi connectivity index (χ2v) is 6.90. The largest absolute Gasteiger partial charge is 0.493 e. The van der Waals surface area contributed by atoms with Gasteiger partial charge in [0.15, 0.2) is 23.9 Å². The average Bonchev–Trinajstić information content (AvgIpc) is 3.16. The number of carbonyl (C=O) groups excluding carboxylic acids is 1. The van der Waals surface area contributed by atoms with Crippen LogP contribution in [0.15, 0.2) is 36.4 Å². The first kappa shape index (κ1) is 19.9. The second-order valence-electron chi connectivity index (χ2n) is 5.74. The number of nitrogens with one attached hydrogen (secondary N) is 1. The van der Waals surface area contributed by atoms with Crippen molar-refractivity contribution in [1.82, 2.24) is 9.36 Å². The van der Waals surface area contributed by atoms with Crippen LogP contribution in [-0.2, 0) is 4.79 Å². The summed E-state index contributed by atoms with van der Waals surface area (Å²) in [6, 6.07) is 10.6. The minimum atomic E-state index is -0.331. The number of halogens is 1. The van der Waals surface area contributed by atoms with E-state index in [0.29, 0.717) is 33.2 Å². The maximum absolute atomic E-state index is 12.1. The third kappa shape index (κ3) is 4.71. The van der Waals surface area contributed by atoms with E-state index < -0.39 is 0 Å². The first-order valence-corrected chi connectivity index (χ1v) is 9.40. The van der Waals surface area contributed by atoms with Crippen molar-refractivity contribution in [3.8, 4) is 28.6 Å². The van der Waals surface area contributed by atoms with Gasteiger partial charge in [0.2, 0.25) is 5.13 Å². The van der Waals surface area contributed by atoms with Gasteiger partial charge in [-0.05, 0) is 48.9 Å². The third-order valence-corrected chi connectivity index (χ3v) is 4.87. The van der Waals surface area contributed by atoms with Gasteiger partial charge in [0.05, 0.1) is 14.2 Å². The highest BCUT2D eigenvalue weighted by molar-refractivity contribution is 7.10. The van der Waals surface area contributed by atoms with Gasteiger partial charge in [-0.3, -0.25) is 10.1 Å². The highest BCUT2D eigenvalue weighted by Crippen LogP contribution is 2.32. The Kier molecular flexibility index (Phi) is 6.33. The molecule has 0 aliphatic carbocycles. The van der Waals surface area contributed by atoms with Gasteiger partial charge in [-0.15, -0.1) is 0 Å². The number of ether oxygens (including phenoxy) is 3. The van der Waals surface area contributed by atoms with Crippen LogP contribution in [0.4, 0.5) is 5.13 Å². The summed E-state index contributed by atoms with van der Waals surface area (Å²) in [6.07, 6.45) is 0. The number of amides is 1. The van der Waals surface area contributed by atoms with Crippen LogP contribution in [0.25, 0.3) is 11.4 Å². The Morgan fingerprint density at radius 2 is 1.93 bits per heavy atom. The van der Waals surface area contributed by atoms with E-state index in [-0.39, 0.29) is 12.5 Å². The zero-order chi connectivity index (χ0) is 20.1. The van der Waals surface area contributed by atoms with Crippen LogP contribution < -0.4 is 19.5 Å². The van der Waals surface area contributed by atoms with E-state index in [9.17, 15) is 4.79 Å². The van der Waals surface area contributed by atoms with Gasteiger partial charge in [0, 0.05) is 22.1 Å². The van der Waals surface area contributed by atoms with Crippen molar-refractivity contribution in [2.45, 2.75) is 6.92 Å². The van der Waals surface area contributed by atoms with Crippen molar-refractivity contribution in [2.24, 2.45) is 0 Å². The Morgan fingerprint density at radius 3 is 2.64 bits per heavy atom. The summed E-state index contributed by atoms with van der Waals surface area (Å²) in [4.78, 5) is 16.4. The number of anilines is 1. The topological polar surface area (TPSA) is 82.6 Å². The molecule has 0 bridgehead atoms. The van der Waals surface area contributed by atoms with Gasteiger partial charge >= 0.3 is 0 Å². The minimum absolute atomic E-state index is 0.146. The molecule has 2 aromatic carbocycles. The number of hydrogen-bond donors (Lipinski definition) is 1. The Morgan fingerprint density at radius 1 is 1.14 bits per heavy atom.